The van der Waals surface area contributed by atoms with E-state index in [1.807, 2.05) is 0 Å². The number of ether oxygens (including phenoxy) is 1. The van der Waals surface area contributed by atoms with Gasteiger partial charge in [0.1, 0.15) is 6.04 Å². The minimum absolute atomic E-state index is 0.189. The molecular formula is C6H10BrNO3. The lowest BCUT2D eigenvalue weighted by Crippen LogP contribution is -2.39. The van der Waals surface area contributed by atoms with E-state index in [1.165, 1.54) is 7.11 Å². The van der Waals surface area contributed by atoms with Crippen molar-refractivity contribution in [1.82, 2.24) is 5.32 Å². The molecule has 11 heavy (non-hydrogen) atoms. The fourth-order valence-corrected chi connectivity index (χ4v) is 0.678. The second-order valence-corrected chi connectivity index (χ2v) is 2.51. The lowest BCUT2D eigenvalue weighted by molar-refractivity contribution is -0.144. The van der Waals surface area contributed by atoms with E-state index in [4.69, 9.17) is 0 Å². The fraction of sp³-hybridized carbons (Fsp3) is 0.667. The van der Waals surface area contributed by atoms with Crippen molar-refractivity contribution in [2.45, 2.75) is 13.0 Å². The summed E-state index contributed by atoms with van der Waals surface area (Å²) < 4.78 is 4.39. The summed E-state index contributed by atoms with van der Waals surface area (Å²) >= 11 is 2.95. The van der Waals surface area contributed by atoms with Gasteiger partial charge in [-0.15, -0.1) is 0 Å². The number of hydrogen-bond acceptors (Lipinski definition) is 3. The molecule has 0 fully saturated rings. The standard InChI is InChI=1S/C6H10BrNO3/c1-4(6(10)11-2)8-5(9)3-7/h4H,3H2,1-2H3,(H,8,9). The zero-order valence-corrected chi connectivity index (χ0v) is 7.97. The Morgan fingerprint density at radius 3 is 2.55 bits per heavy atom. The zero-order chi connectivity index (χ0) is 8.85. The van der Waals surface area contributed by atoms with Crippen LogP contribution in [0, 0.1) is 0 Å². The zero-order valence-electron chi connectivity index (χ0n) is 6.39. The van der Waals surface area contributed by atoms with Crippen LogP contribution in [0.25, 0.3) is 0 Å². The summed E-state index contributed by atoms with van der Waals surface area (Å²) in [5.41, 5.74) is 0. The van der Waals surface area contributed by atoms with Crippen molar-refractivity contribution in [3.05, 3.63) is 0 Å². The molecule has 0 aromatic rings. The molecule has 64 valence electrons. The predicted molar refractivity (Wildman–Crippen MR) is 43.4 cm³/mol. The Bertz CT molecular complexity index is 160. The average molecular weight is 224 g/mol. The van der Waals surface area contributed by atoms with Gasteiger partial charge in [0.15, 0.2) is 0 Å². The molecule has 0 aliphatic carbocycles. The minimum Gasteiger partial charge on any atom is -0.467 e. The Labute approximate surface area is 73.4 Å². The molecule has 0 aliphatic heterocycles. The van der Waals surface area contributed by atoms with Crippen molar-refractivity contribution >= 4 is 27.8 Å². The molecule has 0 saturated heterocycles. The molecule has 0 aliphatic rings. The highest BCUT2D eigenvalue weighted by atomic mass is 79.9. The number of esters is 1. The number of hydrogen-bond donors (Lipinski definition) is 1. The van der Waals surface area contributed by atoms with Gasteiger partial charge in [-0.25, -0.2) is 4.79 Å². The third-order valence-electron chi connectivity index (χ3n) is 1.05. The van der Waals surface area contributed by atoms with Crippen LogP contribution < -0.4 is 5.32 Å². The number of alkyl halides is 1. The van der Waals surface area contributed by atoms with Gasteiger partial charge in [0, 0.05) is 0 Å². The van der Waals surface area contributed by atoms with E-state index in [9.17, 15) is 9.59 Å². The number of methoxy groups -OCH3 is 1. The summed E-state index contributed by atoms with van der Waals surface area (Å²) in [6.07, 6.45) is 0. The number of carbonyl (C=O) groups excluding carboxylic acids is 2. The molecule has 4 nitrogen and oxygen atoms in total. The van der Waals surface area contributed by atoms with Crippen molar-refractivity contribution in [2.24, 2.45) is 0 Å². The van der Waals surface area contributed by atoms with Crippen LogP contribution in [-0.2, 0) is 14.3 Å². The first kappa shape index (κ1) is 10.4. The van der Waals surface area contributed by atoms with Gasteiger partial charge in [-0.05, 0) is 6.92 Å². The molecule has 1 atom stereocenters. The molecule has 0 heterocycles. The third-order valence-corrected chi connectivity index (χ3v) is 1.56. The van der Waals surface area contributed by atoms with Crippen LogP contribution >= 0.6 is 15.9 Å². The van der Waals surface area contributed by atoms with Crippen LogP contribution in [0.15, 0.2) is 0 Å². The average Bonchev–Trinajstić information content (AvgIpc) is 2.02. The molecular weight excluding hydrogens is 214 g/mol. The van der Waals surface area contributed by atoms with Gasteiger partial charge < -0.3 is 10.1 Å². The first-order chi connectivity index (χ1) is 5.11. The minimum atomic E-state index is -0.579. The molecule has 5 heteroatoms. The highest BCUT2D eigenvalue weighted by Gasteiger charge is 2.14. The summed E-state index contributed by atoms with van der Waals surface area (Å²) in [5.74, 6) is -0.679. The Morgan fingerprint density at radius 2 is 2.18 bits per heavy atom. The largest absolute Gasteiger partial charge is 0.467 e. The molecule has 0 bridgehead atoms. The van der Waals surface area contributed by atoms with E-state index in [1.54, 1.807) is 6.92 Å². The smallest absolute Gasteiger partial charge is 0.328 e. The molecule has 1 N–H and O–H groups in total. The SMILES string of the molecule is COC(=O)C(C)NC(=O)CBr. The van der Waals surface area contributed by atoms with E-state index >= 15 is 0 Å². The van der Waals surface area contributed by atoms with Crippen LogP contribution in [0.2, 0.25) is 0 Å². The Kier molecular flexibility index (Phi) is 4.85. The number of carbonyl (C=O) groups is 2. The maximum Gasteiger partial charge on any atom is 0.328 e. The fourth-order valence-electron chi connectivity index (χ4n) is 0.516. The lowest BCUT2D eigenvalue weighted by Gasteiger charge is -2.09. The molecule has 0 radical (unpaired) electrons. The Hall–Kier alpha value is -0.580. The summed E-state index contributed by atoms with van der Waals surface area (Å²) in [7, 11) is 1.28. The van der Waals surface area contributed by atoms with Crippen LogP contribution in [0.3, 0.4) is 0 Å². The topological polar surface area (TPSA) is 55.4 Å². The van der Waals surface area contributed by atoms with Crippen molar-refractivity contribution < 1.29 is 14.3 Å². The van der Waals surface area contributed by atoms with Crippen LogP contribution in [0.4, 0.5) is 0 Å². The summed E-state index contributed by atoms with van der Waals surface area (Å²) in [4.78, 5) is 21.4. The highest BCUT2D eigenvalue weighted by Crippen LogP contribution is 1.87. The molecule has 0 spiro atoms. The van der Waals surface area contributed by atoms with Crippen molar-refractivity contribution in [1.29, 1.82) is 0 Å². The second kappa shape index (κ2) is 5.12. The molecule has 0 rings (SSSR count). The summed E-state index contributed by atoms with van der Waals surface area (Å²) in [6.45, 7) is 1.56. The number of rotatable bonds is 3. The van der Waals surface area contributed by atoms with Gasteiger partial charge in [-0.1, -0.05) is 15.9 Å². The normalized spacial score (nSPS) is 11.9. The summed E-state index contributed by atoms with van der Waals surface area (Å²) in [6, 6.07) is -0.579. The van der Waals surface area contributed by atoms with E-state index in [-0.39, 0.29) is 11.2 Å². The van der Waals surface area contributed by atoms with E-state index < -0.39 is 12.0 Å². The van der Waals surface area contributed by atoms with Gasteiger partial charge in [0.05, 0.1) is 12.4 Å². The second-order valence-electron chi connectivity index (χ2n) is 1.95. The molecule has 1 amide bonds. The highest BCUT2D eigenvalue weighted by molar-refractivity contribution is 9.09. The summed E-state index contributed by atoms with van der Waals surface area (Å²) in [5, 5.41) is 2.61. The van der Waals surface area contributed by atoms with Gasteiger partial charge in [-0.2, -0.15) is 0 Å². The Balaban J connectivity index is 3.77. The lowest BCUT2D eigenvalue weighted by atomic mass is 10.3. The molecule has 0 saturated carbocycles. The number of amides is 1. The van der Waals surface area contributed by atoms with E-state index in [0.29, 0.717) is 0 Å². The van der Waals surface area contributed by atoms with Gasteiger partial charge in [0.25, 0.3) is 0 Å². The third kappa shape index (κ3) is 3.98. The van der Waals surface area contributed by atoms with Crippen LogP contribution in [0.1, 0.15) is 6.92 Å². The molecule has 0 aromatic heterocycles. The first-order valence-corrected chi connectivity index (χ1v) is 4.17. The van der Waals surface area contributed by atoms with E-state index in [2.05, 4.69) is 26.0 Å². The first-order valence-electron chi connectivity index (χ1n) is 3.05. The van der Waals surface area contributed by atoms with Gasteiger partial charge in [0.2, 0.25) is 5.91 Å². The number of halogens is 1. The maximum absolute atomic E-state index is 10.7. The predicted octanol–water partition coefficient (Wildman–Crippen LogP) is 0.0590. The van der Waals surface area contributed by atoms with Crippen LogP contribution in [-0.4, -0.2) is 30.4 Å². The van der Waals surface area contributed by atoms with Crippen molar-refractivity contribution in [3.8, 4) is 0 Å². The Morgan fingerprint density at radius 1 is 1.64 bits per heavy atom. The monoisotopic (exact) mass is 223 g/mol. The van der Waals surface area contributed by atoms with Crippen molar-refractivity contribution in [2.75, 3.05) is 12.4 Å². The molecule has 0 aromatic carbocycles. The van der Waals surface area contributed by atoms with E-state index in [0.717, 1.165) is 0 Å². The number of nitrogens with one attached hydrogen (secondary N) is 1. The van der Waals surface area contributed by atoms with Crippen molar-refractivity contribution in [3.63, 3.8) is 0 Å². The van der Waals surface area contributed by atoms with Gasteiger partial charge in [-0.3, -0.25) is 4.79 Å². The van der Waals surface area contributed by atoms with Crippen LogP contribution in [0.5, 0.6) is 0 Å². The van der Waals surface area contributed by atoms with Gasteiger partial charge >= 0.3 is 5.97 Å². The molecule has 1 unspecified atom stereocenters. The maximum atomic E-state index is 10.7. The quantitative estimate of drug-likeness (QED) is 0.544.